The van der Waals surface area contributed by atoms with Crippen molar-refractivity contribution in [3.63, 3.8) is 0 Å². The Morgan fingerprint density at radius 3 is 2.33 bits per heavy atom. The highest BCUT2D eigenvalue weighted by Gasteiger charge is 2.19. The van der Waals surface area contributed by atoms with Gasteiger partial charge in [0.25, 0.3) is 0 Å². The first-order chi connectivity index (χ1) is 9.71. The molecule has 0 saturated heterocycles. The van der Waals surface area contributed by atoms with E-state index in [1.54, 1.807) is 32.9 Å². The molecule has 112 valence electrons. The molecule has 1 aromatic rings. The second kappa shape index (κ2) is 6.75. The van der Waals surface area contributed by atoms with Gasteiger partial charge in [-0.1, -0.05) is 12.1 Å². The van der Waals surface area contributed by atoms with Crippen molar-refractivity contribution >= 4 is 12.1 Å². The van der Waals surface area contributed by atoms with Gasteiger partial charge in [0.15, 0.2) is 0 Å². The summed E-state index contributed by atoms with van der Waals surface area (Å²) in [5, 5.41) is 20.3. The number of nitrogens with one attached hydrogen (secondary N) is 1. The van der Waals surface area contributed by atoms with Gasteiger partial charge in [-0.05, 0) is 38.5 Å². The molecule has 0 bridgehead atoms. The third-order valence-electron chi connectivity index (χ3n) is 2.49. The van der Waals surface area contributed by atoms with E-state index in [0.29, 0.717) is 0 Å². The molecule has 21 heavy (non-hydrogen) atoms. The van der Waals surface area contributed by atoms with Crippen molar-refractivity contribution in [3.8, 4) is 6.07 Å². The Kier molecular flexibility index (Phi) is 5.30. The van der Waals surface area contributed by atoms with Gasteiger partial charge in [-0.2, -0.15) is 5.26 Å². The quantitative estimate of drug-likeness (QED) is 0.886. The molecule has 1 atom stereocenters. The standard InChI is InChI=1S/C15H18N2O4/c1-15(2,3)21-14(20)17-12(9-16)8-10-4-6-11(7-5-10)13(18)19/h4-7,12H,8H2,1-3H3,(H,17,20)(H,18,19). The summed E-state index contributed by atoms with van der Waals surface area (Å²) in [4.78, 5) is 22.3. The summed E-state index contributed by atoms with van der Waals surface area (Å²) in [6.45, 7) is 5.20. The molecule has 0 aliphatic heterocycles. The molecule has 0 fully saturated rings. The summed E-state index contributed by atoms with van der Waals surface area (Å²) >= 11 is 0. The first-order valence-corrected chi connectivity index (χ1v) is 6.42. The number of aromatic carboxylic acids is 1. The SMILES string of the molecule is CC(C)(C)OC(=O)NC(C#N)Cc1ccc(C(=O)O)cc1. The number of carboxylic acids is 1. The monoisotopic (exact) mass is 290 g/mol. The lowest BCUT2D eigenvalue weighted by Crippen LogP contribution is -2.39. The van der Waals surface area contributed by atoms with Crippen LogP contribution in [0.5, 0.6) is 0 Å². The van der Waals surface area contributed by atoms with Crippen LogP contribution in [0.2, 0.25) is 0 Å². The number of amides is 1. The van der Waals surface area contributed by atoms with E-state index in [2.05, 4.69) is 5.32 Å². The van der Waals surface area contributed by atoms with Gasteiger partial charge in [0.05, 0.1) is 11.6 Å². The zero-order chi connectivity index (χ0) is 16.0. The van der Waals surface area contributed by atoms with Crippen LogP contribution >= 0.6 is 0 Å². The first-order valence-electron chi connectivity index (χ1n) is 6.42. The van der Waals surface area contributed by atoms with E-state index in [0.717, 1.165) is 5.56 Å². The highest BCUT2D eigenvalue weighted by atomic mass is 16.6. The molecular formula is C15H18N2O4. The summed E-state index contributed by atoms with van der Waals surface area (Å²) in [7, 11) is 0. The van der Waals surface area contributed by atoms with E-state index in [-0.39, 0.29) is 12.0 Å². The fourth-order valence-electron chi connectivity index (χ4n) is 1.60. The van der Waals surface area contributed by atoms with Crippen LogP contribution in [0.25, 0.3) is 0 Å². The number of carbonyl (C=O) groups is 2. The number of hydrogen-bond acceptors (Lipinski definition) is 4. The third-order valence-corrected chi connectivity index (χ3v) is 2.49. The summed E-state index contributed by atoms with van der Waals surface area (Å²) in [5.74, 6) is -1.01. The number of carboxylic acid groups (broad SMARTS) is 1. The van der Waals surface area contributed by atoms with Gasteiger partial charge in [0.2, 0.25) is 0 Å². The van der Waals surface area contributed by atoms with Gasteiger partial charge in [-0.3, -0.25) is 0 Å². The van der Waals surface area contributed by atoms with Crippen LogP contribution in [-0.4, -0.2) is 28.8 Å². The number of ether oxygens (including phenoxy) is 1. The maximum absolute atomic E-state index is 11.6. The predicted molar refractivity (Wildman–Crippen MR) is 75.9 cm³/mol. The zero-order valence-corrected chi connectivity index (χ0v) is 12.2. The molecule has 6 nitrogen and oxygen atoms in total. The van der Waals surface area contributed by atoms with Crippen molar-refractivity contribution in [3.05, 3.63) is 35.4 Å². The van der Waals surface area contributed by atoms with Gasteiger partial charge >= 0.3 is 12.1 Å². The molecule has 0 heterocycles. The van der Waals surface area contributed by atoms with Gasteiger partial charge in [-0.15, -0.1) is 0 Å². The van der Waals surface area contributed by atoms with E-state index in [1.165, 1.54) is 12.1 Å². The molecule has 2 N–H and O–H groups in total. The lowest BCUT2D eigenvalue weighted by Gasteiger charge is -2.21. The number of benzene rings is 1. The van der Waals surface area contributed by atoms with Crippen LogP contribution in [0.3, 0.4) is 0 Å². The highest BCUT2D eigenvalue weighted by molar-refractivity contribution is 5.87. The van der Waals surface area contributed by atoms with Crippen molar-refractivity contribution < 1.29 is 19.4 Å². The summed E-state index contributed by atoms with van der Waals surface area (Å²) in [5.41, 5.74) is 0.294. The Morgan fingerprint density at radius 1 is 1.33 bits per heavy atom. The Bertz CT molecular complexity index is 553. The molecule has 0 spiro atoms. The number of nitrogens with zero attached hydrogens (tertiary/aromatic N) is 1. The zero-order valence-electron chi connectivity index (χ0n) is 12.2. The minimum Gasteiger partial charge on any atom is -0.478 e. The van der Waals surface area contributed by atoms with Crippen LogP contribution < -0.4 is 5.32 Å². The minimum absolute atomic E-state index is 0.173. The van der Waals surface area contributed by atoms with E-state index in [4.69, 9.17) is 15.1 Å². The van der Waals surface area contributed by atoms with Gasteiger partial charge in [-0.25, -0.2) is 9.59 Å². The molecule has 6 heteroatoms. The topological polar surface area (TPSA) is 99.4 Å². The van der Waals surface area contributed by atoms with Crippen molar-refractivity contribution in [1.29, 1.82) is 5.26 Å². The molecule has 0 aliphatic carbocycles. The molecule has 0 radical (unpaired) electrons. The second-order valence-corrected chi connectivity index (χ2v) is 5.53. The van der Waals surface area contributed by atoms with Crippen LogP contribution in [0.15, 0.2) is 24.3 Å². The molecule has 0 saturated carbocycles. The Balaban J connectivity index is 2.64. The summed E-state index contributed by atoms with van der Waals surface area (Å²) in [6.07, 6.45) is -0.383. The highest BCUT2D eigenvalue weighted by Crippen LogP contribution is 2.09. The smallest absolute Gasteiger partial charge is 0.408 e. The Morgan fingerprint density at radius 2 is 1.90 bits per heavy atom. The van der Waals surface area contributed by atoms with Gasteiger partial charge < -0.3 is 15.2 Å². The van der Waals surface area contributed by atoms with Crippen LogP contribution in [0.4, 0.5) is 4.79 Å². The predicted octanol–water partition coefficient (Wildman–Crippen LogP) is 2.34. The number of carbonyl (C=O) groups excluding carboxylic acids is 1. The van der Waals surface area contributed by atoms with E-state index < -0.39 is 23.7 Å². The van der Waals surface area contributed by atoms with Crippen molar-refractivity contribution in [1.82, 2.24) is 5.32 Å². The van der Waals surface area contributed by atoms with E-state index in [9.17, 15) is 9.59 Å². The average Bonchev–Trinajstić information content (AvgIpc) is 2.36. The van der Waals surface area contributed by atoms with Crippen LogP contribution in [0.1, 0.15) is 36.7 Å². The fraction of sp³-hybridized carbons (Fsp3) is 0.400. The Labute approximate surface area is 123 Å². The molecule has 1 unspecified atom stereocenters. The third kappa shape index (κ3) is 5.95. The van der Waals surface area contributed by atoms with Crippen LogP contribution in [0, 0.1) is 11.3 Å². The second-order valence-electron chi connectivity index (χ2n) is 5.53. The molecule has 1 amide bonds. The van der Waals surface area contributed by atoms with Crippen molar-refractivity contribution in [2.24, 2.45) is 0 Å². The lowest BCUT2D eigenvalue weighted by molar-refractivity contribution is 0.0515. The number of rotatable bonds is 4. The number of hydrogen-bond donors (Lipinski definition) is 2. The fourth-order valence-corrected chi connectivity index (χ4v) is 1.60. The maximum Gasteiger partial charge on any atom is 0.408 e. The molecule has 1 rings (SSSR count). The minimum atomic E-state index is -1.01. The lowest BCUT2D eigenvalue weighted by atomic mass is 10.1. The van der Waals surface area contributed by atoms with Crippen molar-refractivity contribution in [2.75, 3.05) is 0 Å². The van der Waals surface area contributed by atoms with Gasteiger partial charge in [0, 0.05) is 6.42 Å². The number of alkyl carbamates (subject to hydrolysis) is 1. The van der Waals surface area contributed by atoms with E-state index >= 15 is 0 Å². The molecular weight excluding hydrogens is 272 g/mol. The van der Waals surface area contributed by atoms with Gasteiger partial charge in [0.1, 0.15) is 11.6 Å². The van der Waals surface area contributed by atoms with Crippen molar-refractivity contribution in [2.45, 2.75) is 38.8 Å². The molecule has 0 aliphatic rings. The summed E-state index contributed by atoms with van der Waals surface area (Å²) < 4.78 is 5.08. The summed E-state index contributed by atoms with van der Waals surface area (Å²) in [6, 6.07) is 7.38. The normalized spacial score (nSPS) is 12.1. The first kappa shape index (κ1) is 16.5. The average molecular weight is 290 g/mol. The van der Waals surface area contributed by atoms with Crippen LogP contribution in [-0.2, 0) is 11.2 Å². The van der Waals surface area contributed by atoms with E-state index in [1.807, 2.05) is 6.07 Å². The largest absolute Gasteiger partial charge is 0.478 e. The number of nitriles is 1. The molecule has 0 aromatic heterocycles. The Hall–Kier alpha value is -2.55. The molecule has 1 aromatic carbocycles. The maximum atomic E-state index is 11.6.